The van der Waals surface area contributed by atoms with E-state index < -0.39 is 12.5 Å². The van der Waals surface area contributed by atoms with Crippen LogP contribution < -0.4 is 0 Å². The van der Waals surface area contributed by atoms with Gasteiger partial charge in [-0.2, -0.15) is 0 Å². The van der Waals surface area contributed by atoms with Gasteiger partial charge in [-0.15, -0.1) is 0 Å². The fourth-order valence-electron chi connectivity index (χ4n) is 0. The molecule has 0 saturated carbocycles. The Morgan fingerprint density at radius 2 is 0.750 bits per heavy atom. The van der Waals surface area contributed by atoms with Gasteiger partial charge in [-0.3, -0.25) is 0 Å². The van der Waals surface area contributed by atoms with Crippen molar-refractivity contribution < 1.29 is 49.2 Å². The second-order valence-electron chi connectivity index (χ2n) is 0.890. The van der Waals surface area contributed by atoms with Crippen molar-refractivity contribution in [2.75, 3.05) is 0 Å². The van der Waals surface area contributed by atoms with Crippen LogP contribution in [-0.2, 0) is 39.0 Å². The van der Waals surface area contributed by atoms with Crippen LogP contribution in [0.5, 0.6) is 0 Å². The maximum atomic E-state index is 7.86. The molecule has 6 heteroatoms. The summed E-state index contributed by atoms with van der Waals surface area (Å²) in [5.74, 6) is 0. The van der Waals surface area contributed by atoms with Gasteiger partial charge >= 0.3 is 0 Å². The van der Waals surface area contributed by atoms with Gasteiger partial charge < -0.3 is 51.4 Å². The first kappa shape index (κ1) is 51.6. The molecule has 0 aliphatic heterocycles. The van der Waals surface area contributed by atoms with Crippen LogP contribution in [0.3, 0.4) is 0 Å². The molecular weight excluding hydrogens is 263 g/mol. The second-order valence-corrected chi connectivity index (χ2v) is 0.890. The van der Waals surface area contributed by atoms with Crippen LogP contribution in [0.25, 0.3) is 11.5 Å². The van der Waals surface area contributed by atoms with E-state index in [-0.39, 0.29) is 68.7 Å². The summed E-state index contributed by atoms with van der Waals surface area (Å²) in [7, 11) is 0. The second kappa shape index (κ2) is 29.6. The van der Waals surface area contributed by atoms with Gasteiger partial charge in [-0.05, 0) is 12.5 Å². The van der Waals surface area contributed by atoms with Crippen LogP contribution >= 0.6 is 0 Å². The summed E-state index contributed by atoms with van der Waals surface area (Å²) in [6.07, 6.45) is -3.35. The van der Waals surface area contributed by atoms with Crippen molar-refractivity contribution in [3.8, 4) is 0 Å². The summed E-state index contributed by atoms with van der Waals surface area (Å²) in [5.41, 5.74) is 12.3. The Labute approximate surface area is 103 Å². The monoisotopic (exact) mass is 278 g/mol. The van der Waals surface area contributed by atoms with E-state index in [9.17, 15) is 0 Å². The summed E-state index contributed by atoms with van der Waals surface area (Å²) in [4.78, 5) is 0. The van der Waals surface area contributed by atoms with E-state index in [1.807, 2.05) is 0 Å². The van der Waals surface area contributed by atoms with Crippen molar-refractivity contribution in [3.63, 3.8) is 0 Å². The molecule has 0 heterocycles. The number of hydrogen-bond donors (Lipinski definition) is 2. The average Bonchev–Trinajstić information content (AvgIpc) is 1.36. The van der Waals surface area contributed by atoms with E-state index in [2.05, 4.69) is 0 Å². The fraction of sp³-hybridized carbons (Fsp3) is 0.333. The van der Waals surface area contributed by atoms with Gasteiger partial charge in [-0.25, -0.2) is 0 Å². The summed E-state index contributed by atoms with van der Waals surface area (Å²) >= 11 is 0. The number of nitrogens with one attached hydrogen (secondary N) is 2. The molecule has 0 aromatic heterocycles. The normalized spacial score (nSPS) is 10.0. The van der Waals surface area contributed by atoms with Crippen molar-refractivity contribution in [2.24, 2.45) is 0 Å². The molecule has 2 atom stereocenters. The molecule has 74 valence electrons. The van der Waals surface area contributed by atoms with E-state index in [4.69, 9.17) is 21.7 Å². The zero-order valence-corrected chi connectivity index (χ0v) is 14.4. The molecule has 0 aliphatic rings. The number of rotatable bonds is 1. The third-order valence-electron chi connectivity index (χ3n) is 0.299. The molecule has 4 N–H and O–H groups in total. The maximum Gasteiger partial charge on any atom is 0 e. The van der Waals surface area contributed by atoms with Gasteiger partial charge in [0.2, 0.25) is 0 Å². The molecule has 0 aromatic rings. The predicted octanol–water partition coefficient (Wildman–Crippen LogP) is 1.52. The summed E-state index contributed by atoms with van der Waals surface area (Å²) in [5, 5.41) is 15.7. The zero-order chi connectivity index (χ0) is 5.15. The Morgan fingerprint density at radius 1 is 0.667 bits per heavy atom. The van der Waals surface area contributed by atoms with E-state index in [0.29, 0.717) is 0 Å². The third kappa shape index (κ3) is 43.6. The van der Waals surface area contributed by atoms with Crippen LogP contribution in [0.2, 0.25) is 0 Å². The SMILES string of the molecule is [CH3-].[CH3-].[CH3-].[CH3-].[NH-]C(O)C([NH-])O.[Zn].[Zn]. The Morgan fingerprint density at radius 3 is 0.750 bits per heavy atom. The molecule has 0 bridgehead atoms. The molecule has 0 aliphatic carbocycles. The van der Waals surface area contributed by atoms with Crippen molar-refractivity contribution in [3.05, 3.63) is 41.2 Å². The fourth-order valence-corrected chi connectivity index (χ4v) is 0. The molecule has 0 amide bonds. The van der Waals surface area contributed by atoms with E-state index in [0.717, 1.165) is 0 Å². The van der Waals surface area contributed by atoms with Gasteiger partial charge in [0.05, 0.1) is 0 Å². The minimum Gasteiger partial charge on any atom is -0.651 e. The number of hydrogen-bond acceptors (Lipinski definition) is 2. The van der Waals surface area contributed by atoms with Gasteiger partial charge in [0.1, 0.15) is 0 Å². The number of aliphatic hydroxyl groups excluding tert-OH is 2. The molecule has 2 unspecified atom stereocenters. The van der Waals surface area contributed by atoms with Crippen molar-refractivity contribution >= 4 is 0 Å². The molecule has 0 rings (SSSR count). The van der Waals surface area contributed by atoms with Crippen molar-refractivity contribution in [1.82, 2.24) is 0 Å². The molecular formula is C6H18N2O2Zn2-6. The van der Waals surface area contributed by atoms with Crippen molar-refractivity contribution in [1.29, 1.82) is 0 Å². The Bertz CT molecular complexity index is 42.5. The molecule has 12 heavy (non-hydrogen) atoms. The van der Waals surface area contributed by atoms with Crippen LogP contribution in [0.15, 0.2) is 0 Å². The summed E-state index contributed by atoms with van der Waals surface area (Å²) < 4.78 is 0. The first-order chi connectivity index (χ1) is 2.64. The van der Waals surface area contributed by atoms with Gasteiger partial charge in [0.25, 0.3) is 0 Å². The largest absolute Gasteiger partial charge is 0.651 e. The van der Waals surface area contributed by atoms with E-state index in [1.165, 1.54) is 0 Å². The Hall–Kier alpha value is 1.09. The predicted molar refractivity (Wildman–Crippen MR) is 46.3 cm³/mol. The molecule has 0 saturated heterocycles. The Kier molecular flexibility index (Phi) is 127. The maximum absolute atomic E-state index is 7.86. The topological polar surface area (TPSA) is 88.1 Å². The standard InChI is InChI=1S/C2H6N2O2.4CH3.2Zn/c3-1(5)2(4)6;;;;;;/h1-6H;4*1H3;;/q-2;4*-1;;. The zero-order valence-electron chi connectivity index (χ0n) is 8.46. The van der Waals surface area contributed by atoms with Gasteiger partial charge in [0, 0.05) is 39.0 Å². The molecule has 4 nitrogen and oxygen atoms in total. The van der Waals surface area contributed by atoms with Gasteiger partial charge in [0.15, 0.2) is 0 Å². The average molecular weight is 281 g/mol. The van der Waals surface area contributed by atoms with Crippen LogP contribution in [0, 0.1) is 29.7 Å². The Balaban J connectivity index is -0.00000000833. The molecule has 0 fully saturated rings. The quantitative estimate of drug-likeness (QED) is 0.563. The van der Waals surface area contributed by atoms with Crippen LogP contribution in [0.1, 0.15) is 0 Å². The smallest absolute Gasteiger partial charge is 0 e. The summed E-state index contributed by atoms with van der Waals surface area (Å²) in [6.45, 7) is 0. The minimum atomic E-state index is -1.68. The molecule has 0 radical (unpaired) electrons. The minimum absolute atomic E-state index is 0. The summed E-state index contributed by atoms with van der Waals surface area (Å²) in [6, 6.07) is 0. The van der Waals surface area contributed by atoms with Crippen LogP contribution in [-0.4, -0.2) is 22.7 Å². The van der Waals surface area contributed by atoms with E-state index in [1.54, 1.807) is 0 Å². The van der Waals surface area contributed by atoms with Crippen molar-refractivity contribution in [2.45, 2.75) is 12.5 Å². The first-order valence-corrected chi connectivity index (χ1v) is 1.43. The van der Waals surface area contributed by atoms with Crippen LogP contribution in [0.4, 0.5) is 0 Å². The number of aliphatic hydroxyl groups is 2. The molecule has 0 spiro atoms. The van der Waals surface area contributed by atoms with E-state index >= 15 is 0 Å². The first-order valence-electron chi connectivity index (χ1n) is 1.43. The molecule has 0 aromatic carbocycles. The third-order valence-corrected chi connectivity index (χ3v) is 0.299. The van der Waals surface area contributed by atoms with Gasteiger partial charge in [-0.1, -0.05) is 0 Å².